The third-order valence-electron chi connectivity index (χ3n) is 4.08. The minimum atomic E-state index is -0.689. The Morgan fingerprint density at radius 1 is 1.21 bits per heavy atom. The molecular formula is C19H17ClNO3. The molecule has 1 heterocycles. The molecule has 1 fully saturated rings. The monoisotopic (exact) mass is 342 g/mol. The first kappa shape index (κ1) is 16.5. The van der Waals surface area contributed by atoms with Gasteiger partial charge in [0.05, 0.1) is 12.0 Å². The van der Waals surface area contributed by atoms with E-state index >= 15 is 0 Å². The summed E-state index contributed by atoms with van der Waals surface area (Å²) >= 11 is 5.87. The van der Waals surface area contributed by atoms with Crippen LogP contribution in [0, 0.1) is 6.92 Å². The number of rotatable bonds is 4. The SMILES string of the molecule is [CH2][C@@H](C(=O)N1C(=O)OC[C@@H]1Cc1ccccc1)c1ccc(Cl)cc1. The molecule has 0 spiro atoms. The molecule has 2 aromatic rings. The average Bonchev–Trinajstić information content (AvgIpc) is 2.95. The van der Waals surface area contributed by atoms with Gasteiger partial charge in [-0.3, -0.25) is 4.79 Å². The summed E-state index contributed by atoms with van der Waals surface area (Å²) in [5.74, 6) is -1.05. The lowest BCUT2D eigenvalue weighted by Crippen LogP contribution is -2.42. The highest BCUT2D eigenvalue weighted by Gasteiger charge is 2.39. The van der Waals surface area contributed by atoms with Gasteiger partial charge in [0.1, 0.15) is 6.61 Å². The normalized spacial score (nSPS) is 18.3. The van der Waals surface area contributed by atoms with E-state index in [0.29, 0.717) is 17.0 Å². The van der Waals surface area contributed by atoms with Crippen LogP contribution in [0.2, 0.25) is 5.02 Å². The molecule has 2 amide bonds. The maximum atomic E-state index is 12.8. The number of nitrogens with zero attached hydrogens (tertiary/aromatic N) is 1. The summed E-state index contributed by atoms with van der Waals surface area (Å²) in [4.78, 5) is 26.0. The predicted octanol–water partition coefficient (Wildman–Crippen LogP) is 3.85. The van der Waals surface area contributed by atoms with Crippen molar-refractivity contribution in [2.45, 2.75) is 18.4 Å². The number of hydrogen-bond donors (Lipinski definition) is 0. The Bertz CT molecular complexity index is 730. The zero-order valence-corrected chi connectivity index (χ0v) is 13.8. The number of amides is 2. The van der Waals surface area contributed by atoms with Gasteiger partial charge in [0, 0.05) is 5.02 Å². The zero-order valence-electron chi connectivity index (χ0n) is 13.0. The van der Waals surface area contributed by atoms with Gasteiger partial charge in [-0.05, 0) is 36.6 Å². The van der Waals surface area contributed by atoms with Crippen LogP contribution in [-0.4, -0.2) is 29.5 Å². The number of ether oxygens (including phenoxy) is 1. The number of benzene rings is 2. The summed E-state index contributed by atoms with van der Waals surface area (Å²) in [5, 5.41) is 0.584. The molecule has 3 rings (SSSR count). The fourth-order valence-corrected chi connectivity index (χ4v) is 2.90. The van der Waals surface area contributed by atoms with Crippen molar-refractivity contribution >= 4 is 23.6 Å². The number of halogens is 1. The smallest absolute Gasteiger partial charge is 0.417 e. The summed E-state index contributed by atoms with van der Waals surface area (Å²) in [6.45, 7) is 4.12. The van der Waals surface area contributed by atoms with Crippen LogP contribution in [0.5, 0.6) is 0 Å². The summed E-state index contributed by atoms with van der Waals surface area (Å²) in [6.07, 6.45) is -0.0467. The highest BCUT2D eigenvalue weighted by molar-refractivity contribution is 6.30. The van der Waals surface area contributed by atoms with Gasteiger partial charge in [0.2, 0.25) is 5.91 Å². The van der Waals surface area contributed by atoms with E-state index in [1.165, 1.54) is 4.90 Å². The third-order valence-corrected chi connectivity index (χ3v) is 4.34. The first-order valence-corrected chi connectivity index (χ1v) is 8.06. The van der Waals surface area contributed by atoms with Crippen molar-refractivity contribution in [3.05, 3.63) is 77.7 Å². The number of carbonyl (C=O) groups excluding carboxylic acids is 2. The van der Waals surface area contributed by atoms with Gasteiger partial charge in [0.25, 0.3) is 0 Å². The van der Waals surface area contributed by atoms with Crippen molar-refractivity contribution in [3.63, 3.8) is 0 Å². The largest absolute Gasteiger partial charge is 0.447 e. The Morgan fingerprint density at radius 2 is 1.88 bits per heavy atom. The summed E-state index contributed by atoms with van der Waals surface area (Å²) in [6, 6.07) is 16.3. The molecule has 2 aromatic carbocycles. The molecule has 0 bridgehead atoms. The number of hydrogen-bond acceptors (Lipinski definition) is 3. The Hall–Kier alpha value is -2.33. The van der Waals surface area contributed by atoms with E-state index in [1.54, 1.807) is 24.3 Å². The lowest BCUT2D eigenvalue weighted by Gasteiger charge is -2.23. The van der Waals surface area contributed by atoms with E-state index in [0.717, 1.165) is 5.56 Å². The van der Waals surface area contributed by atoms with E-state index in [1.807, 2.05) is 30.3 Å². The fraction of sp³-hybridized carbons (Fsp3) is 0.211. The minimum Gasteiger partial charge on any atom is -0.447 e. The molecule has 1 radical (unpaired) electrons. The number of carbonyl (C=O) groups is 2. The molecule has 5 heteroatoms. The van der Waals surface area contributed by atoms with Crippen LogP contribution in [-0.2, 0) is 16.0 Å². The second-order valence-electron chi connectivity index (χ2n) is 5.73. The molecular weight excluding hydrogens is 326 g/mol. The number of cyclic esters (lactones) is 1. The van der Waals surface area contributed by atoms with Crippen LogP contribution in [0.4, 0.5) is 4.79 Å². The van der Waals surface area contributed by atoms with E-state index in [9.17, 15) is 9.59 Å². The molecule has 1 aliphatic rings. The molecule has 24 heavy (non-hydrogen) atoms. The lowest BCUT2D eigenvalue weighted by atomic mass is 9.98. The van der Waals surface area contributed by atoms with Gasteiger partial charge in [-0.15, -0.1) is 0 Å². The quantitative estimate of drug-likeness (QED) is 0.848. The predicted molar refractivity (Wildman–Crippen MR) is 91.7 cm³/mol. The number of imide groups is 1. The van der Waals surface area contributed by atoms with E-state index in [-0.39, 0.29) is 18.6 Å². The van der Waals surface area contributed by atoms with Crippen molar-refractivity contribution < 1.29 is 14.3 Å². The van der Waals surface area contributed by atoms with Crippen LogP contribution in [0.3, 0.4) is 0 Å². The topological polar surface area (TPSA) is 46.6 Å². The van der Waals surface area contributed by atoms with Crippen LogP contribution in [0.1, 0.15) is 17.0 Å². The molecule has 0 saturated carbocycles. The summed E-state index contributed by atoms with van der Waals surface area (Å²) in [7, 11) is 0. The van der Waals surface area contributed by atoms with Crippen LogP contribution < -0.4 is 0 Å². The van der Waals surface area contributed by atoms with Crippen LogP contribution >= 0.6 is 11.6 Å². The molecule has 1 saturated heterocycles. The summed E-state index contributed by atoms with van der Waals surface area (Å²) in [5.41, 5.74) is 1.76. The Kier molecular flexibility index (Phi) is 4.86. The van der Waals surface area contributed by atoms with Crippen molar-refractivity contribution in [1.82, 2.24) is 4.90 Å². The molecule has 0 N–H and O–H groups in total. The Morgan fingerprint density at radius 3 is 2.54 bits per heavy atom. The standard InChI is InChI=1S/C19H17ClNO3/c1-13(15-7-9-16(20)10-8-15)18(22)21-17(12-24-19(21)23)11-14-5-3-2-4-6-14/h2-10,13,17H,1,11-12H2/t13-,17+/m1/s1. The van der Waals surface area contributed by atoms with Crippen molar-refractivity contribution in [2.75, 3.05) is 6.61 Å². The van der Waals surface area contributed by atoms with Gasteiger partial charge in [-0.2, -0.15) is 0 Å². The second kappa shape index (κ2) is 7.05. The third kappa shape index (κ3) is 3.44. The highest BCUT2D eigenvalue weighted by Crippen LogP contribution is 2.25. The lowest BCUT2D eigenvalue weighted by molar-refractivity contribution is -0.129. The van der Waals surface area contributed by atoms with E-state index in [4.69, 9.17) is 16.3 Å². The minimum absolute atomic E-state index is 0.201. The average molecular weight is 343 g/mol. The maximum Gasteiger partial charge on any atom is 0.417 e. The summed E-state index contributed by atoms with van der Waals surface area (Å²) < 4.78 is 5.09. The molecule has 0 unspecified atom stereocenters. The van der Waals surface area contributed by atoms with Gasteiger partial charge < -0.3 is 4.74 Å². The maximum absolute atomic E-state index is 12.8. The highest BCUT2D eigenvalue weighted by atomic mass is 35.5. The Labute approximate surface area is 146 Å². The van der Waals surface area contributed by atoms with Crippen molar-refractivity contribution in [2.24, 2.45) is 0 Å². The van der Waals surface area contributed by atoms with Gasteiger partial charge in [-0.1, -0.05) is 54.1 Å². The second-order valence-corrected chi connectivity index (χ2v) is 6.17. The first-order valence-electron chi connectivity index (χ1n) is 7.68. The Balaban J connectivity index is 1.78. The first-order chi connectivity index (χ1) is 11.6. The molecule has 4 nitrogen and oxygen atoms in total. The molecule has 0 aromatic heterocycles. The van der Waals surface area contributed by atoms with Crippen LogP contribution in [0.25, 0.3) is 0 Å². The van der Waals surface area contributed by atoms with E-state index in [2.05, 4.69) is 6.92 Å². The van der Waals surface area contributed by atoms with Gasteiger partial charge in [-0.25, -0.2) is 9.69 Å². The van der Waals surface area contributed by atoms with Gasteiger partial charge in [0.15, 0.2) is 0 Å². The molecule has 0 aliphatic carbocycles. The van der Waals surface area contributed by atoms with E-state index < -0.39 is 12.0 Å². The van der Waals surface area contributed by atoms with Crippen molar-refractivity contribution in [3.8, 4) is 0 Å². The van der Waals surface area contributed by atoms with Crippen molar-refractivity contribution in [1.29, 1.82) is 0 Å². The molecule has 2 atom stereocenters. The molecule has 1 aliphatic heterocycles. The fourth-order valence-electron chi connectivity index (χ4n) is 2.77. The van der Waals surface area contributed by atoms with Gasteiger partial charge >= 0.3 is 6.09 Å². The zero-order chi connectivity index (χ0) is 17.1. The van der Waals surface area contributed by atoms with Crippen LogP contribution in [0.15, 0.2) is 54.6 Å². The molecule has 123 valence electrons.